The number of amides is 1. The summed E-state index contributed by atoms with van der Waals surface area (Å²) in [7, 11) is 0. The molecule has 1 aliphatic rings. The summed E-state index contributed by atoms with van der Waals surface area (Å²) in [4.78, 5) is 11.1. The second-order valence-corrected chi connectivity index (χ2v) is 4.85. The quantitative estimate of drug-likeness (QED) is 0.839. The van der Waals surface area contributed by atoms with E-state index in [1.54, 1.807) is 6.26 Å². The minimum absolute atomic E-state index is 0.0759. The van der Waals surface area contributed by atoms with Gasteiger partial charge in [-0.1, -0.05) is 0 Å². The van der Waals surface area contributed by atoms with E-state index in [2.05, 4.69) is 12.2 Å². The van der Waals surface area contributed by atoms with Crippen LogP contribution >= 0.6 is 0 Å². The van der Waals surface area contributed by atoms with Gasteiger partial charge in [-0.3, -0.25) is 4.79 Å². The fourth-order valence-corrected chi connectivity index (χ4v) is 2.52. The molecule has 1 atom stereocenters. The average Bonchev–Trinajstić information content (AvgIpc) is 2.83. The molecular weight excluding hydrogens is 216 g/mol. The van der Waals surface area contributed by atoms with E-state index < -0.39 is 0 Å². The second-order valence-electron chi connectivity index (χ2n) is 4.85. The Kier molecular flexibility index (Phi) is 3.84. The van der Waals surface area contributed by atoms with Crippen molar-refractivity contribution in [3.8, 4) is 0 Å². The summed E-state index contributed by atoms with van der Waals surface area (Å²) in [6.45, 7) is 2.10. The van der Waals surface area contributed by atoms with E-state index >= 15 is 0 Å². The molecule has 1 unspecified atom stereocenters. The molecule has 1 saturated carbocycles. The van der Waals surface area contributed by atoms with Crippen molar-refractivity contribution in [3.63, 3.8) is 0 Å². The van der Waals surface area contributed by atoms with Gasteiger partial charge < -0.3 is 15.5 Å². The zero-order chi connectivity index (χ0) is 12.3. The predicted octanol–water partition coefficient (Wildman–Crippen LogP) is 1.97. The molecule has 1 aromatic rings. The Balaban J connectivity index is 1.80. The van der Waals surface area contributed by atoms with Crippen LogP contribution in [0, 0.1) is 5.92 Å². The summed E-state index contributed by atoms with van der Waals surface area (Å²) in [5.41, 5.74) is 5.32. The minimum Gasteiger partial charge on any atom is -0.468 e. The van der Waals surface area contributed by atoms with Crippen LogP contribution in [0.2, 0.25) is 0 Å². The summed E-state index contributed by atoms with van der Waals surface area (Å²) >= 11 is 0. The number of carbonyl (C=O) groups excluding carboxylic acids is 1. The summed E-state index contributed by atoms with van der Waals surface area (Å²) in [6.07, 6.45) is 5.52. The summed E-state index contributed by atoms with van der Waals surface area (Å²) in [6, 6.07) is 4.57. The Morgan fingerprint density at radius 2 is 2.18 bits per heavy atom. The Morgan fingerprint density at radius 1 is 1.47 bits per heavy atom. The number of nitrogens with two attached hydrogens (primary N) is 1. The van der Waals surface area contributed by atoms with Gasteiger partial charge in [0.1, 0.15) is 5.76 Å². The zero-order valence-electron chi connectivity index (χ0n) is 10.2. The molecule has 0 aromatic carbocycles. The first-order chi connectivity index (χ1) is 8.16. The molecule has 3 N–H and O–H groups in total. The maximum Gasteiger partial charge on any atom is 0.220 e. The van der Waals surface area contributed by atoms with Crippen molar-refractivity contribution in [1.29, 1.82) is 0 Å². The van der Waals surface area contributed by atoms with Crippen LogP contribution in [0.1, 0.15) is 44.4 Å². The van der Waals surface area contributed by atoms with Gasteiger partial charge in [0.25, 0.3) is 0 Å². The van der Waals surface area contributed by atoms with Crippen molar-refractivity contribution in [2.24, 2.45) is 11.7 Å². The molecule has 17 heavy (non-hydrogen) atoms. The first-order valence-electron chi connectivity index (χ1n) is 6.25. The Bertz CT molecular complexity index is 354. The lowest BCUT2D eigenvalue weighted by Gasteiger charge is -2.29. The molecule has 0 bridgehead atoms. The Hall–Kier alpha value is -1.29. The van der Waals surface area contributed by atoms with E-state index in [0.717, 1.165) is 31.4 Å². The van der Waals surface area contributed by atoms with Crippen LogP contribution < -0.4 is 11.1 Å². The maximum absolute atomic E-state index is 11.1. The van der Waals surface area contributed by atoms with E-state index in [4.69, 9.17) is 10.2 Å². The molecule has 0 spiro atoms. The molecule has 1 heterocycles. The topological polar surface area (TPSA) is 68.3 Å². The third kappa shape index (κ3) is 3.09. The van der Waals surface area contributed by atoms with Crippen LogP contribution in [0.15, 0.2) is 22.8 Å². The lowest BCUT2D eigenvalue weighted by Crippen LogP contribution is -2.37. The lowest BCUT2D eigenvalue weighted by atomic mass is 9.85. The number of nitrogens with one attached hydrogen (secondary N) is 1. The van der Waals surface area contributed by atoms with Crippen LogP contribution in [0.4, 0.5) is 0 Å². The molecule has 2 rings (SSSR count). The molecule has 1 amide bonds. The average molecular weight is 236 g/mol. The highest BCUT2D eigenvalue weighted by Crippen LogP contribution is 2.26. The SMILES string of the molecule is CC(NC1CCC(C(N)=O)CC1)c1ccco1. The molecule has 1 aliphatic carbocycles. The molecule has 4 nitrogen and oxygen atoms in total. The Labute approximate surface area is 102 Å². The van der Waals surface area contributed by atoms with Crippen molar-refractivity contribution in [2.75, 3.05) is 0 Å². The number of carbonyl (C=O) groups is 1. The predicted molar refractivity (Wildman–Crippen MR) is 65.2 cm³/mol. The van der Waals surface area contributed by atoms with Crippen molar-refractivity contribution in [3.05, 3.63) is 24.2 Å². The molecule has 0 aliphatic heterocycles. The van der Waals surface area contributed by atoms with Gasteiger partial charge in [-0.2, -0.15) is 0 Å². The van der Waals surface area contributed by atoms with Crippen molar-refractivity contribution in [1.82, 2.24) is 5.32 Å². The molecule has 0 saturated heterocycles. The fraction of sp³-hybridized carbons (Fsp3) is 0.615. The van der Waals surface area contributed by atoms with Crippen LogP contribution in [0.3, 0.4) is 0 Å². The first-order valence-corrected chi connectivity index (χ1v) is 6.25. The number of primary amides is 1. The minimum atomic E-state index is -0.150. The highest BCUT2D eigenvalue weighted by atomic mass is 16.3. The van der Waals surface area contributed by atoms with Crippen molar-refractivity contribution >= 4 is 5.91 Å². The fourth-order valence-electron chi connectivity index (χ4n) is 2.52. The molecular formula is C13H20N2O2. The number of furan rings is 1. The highest BCUT2D eigenvalue weighted by molar-refractivity contribution is 5.76. The van der Waals surface area contributed by atoms with E-state index in [1.165, 1.54) is 0 Å². The summed E-state index contributed by atoms with van der Waals surface area (Å²) in [5.74, 6) is 0.886. The van der Waals surface area contributed by atoms with E-state index in [9.17, 15) is 4.79 Å². The van der Waals surface area contributed by atoms with Crippen molar-refractivity contribution < 1.29 is 9.21 Å². The summed E-state index contributed by atoms with van der Waals surface area (Å²) < 4.78 is 5.36. The smallest absolute Gasteiger partial charge is 0.220 e. The number of hydrogen-bond acceptors (Lipinski definition) is 3. The maximum atomic E-state index is 11.1. The second kappa shape index (κ2) is 5.36. The molecule has 1 fully saturated rings. The van der Waals surface area contributed by atoms with Gasteiger partial charge in [-0.15, -0.1) is 0 Å². The van der Waals surface area contributed by atoms with Crippen LogP contribution in [-0.2, 0) is 4.79 Å². The van der Waals surface area contributed by atoms with E-state index in [-0.39, 0.29) is 17.9 Å². The normalized spacial score (nSPS) is 26.6. The standard InChI is InChI=1S/C13H20N2O2/c1-9(12-3-2-8-17-12)15-11-6-4-10(5-7-11)13(14)16/h2-3,8-11,15H,4-7H2,1H3,(H2,14,16). The van der Waals surface area contributed by atoms with Gasteiger partial charge in [0.15, 0.2) is 0 Å². The third-order valence-corrected chi connectivity index (χ3v) is 3.59. The Morgan fingerprint density at radius 3 is 2.71 bits per heavy atom. The van der Waals surface area contributed by atoms with Crippen LogP contribution in [-0.4, -0.2) is 11.9 Å². The van der Waals surface area contributed by atoms with Crippen molar-refractivity contribution in [2.45, 2.75) is 44.7 Å². The highest BCUT2D eigenvalue weighted by Gasteiger charge is 2.25. The van der Waals surface area contributed by atoms with Gasteiger partial charge in [0.05, 0.1) is 12.3 Å². The van der Waals surface area contributed by atoms with Crippen LogP contribution in [0.25, 0.3) is 0 Å². The van der Waals surface area contributed by atoms with Crippen LogP contribution in [0.5, 0.6) is 0 Å². The monoisotopic (exact) mass is 236 g/mol. The third-order valence-electron chi connectivity index (χ3n) is 3.59. The van der Waals surface area contributed by atoms with E-state index in [0.29, 0.717) is 6.04 Å². The number of hydrogen-bond donors (Lipinski definition) is 2. The zero-order valence-corrected chi connectivity index (χ0v) is 10.2. The molecule has 0 radical (unpaired) electrons. The summed E-state index contributed by atoms with van der Waals surface area (Å²) in [5, 5.41) is 3.53. The molecule has 4 heteroatoms. The van der Waals surface area contributed by atoms with Gasteiger partial charge in [-0.25, -0.2) is 0 Å². The van der Waals surface area contributed by atoms with E-state index in [1.807, 2.05) is 12.1 Å². The first kappa shape index (κ1) is 12.2. The lowest BCUT2D eigenvalue weighted by molar-refractivity contribution is -0.122. The van der Waals surface area contributed by atoms with Gasteiger partial charge in [0, 0.05) is 12.0 Å². The molecule has 94 valence electrons. The van der Waals surface area contributed by atoms with Gasteiger partial charge in [-0.05, 0) is 44.7 Å². The van der Waals surface area contributed by atoms with Gasteiger partial charge in [0.2, 0.25) is 5.91 Å². The largest absolute Gasteiger partial charge is 0.468 e. The van der Waals surface area contributed by atoms with Gasteiger partial charge >= 0.3 is 0 Å². The number of rotatable bonds is 4. The molecule has 1 aromatic heterocycles.